The lowest BCUT2D eigenvalue weighted by molar-refractivity contribution is -0.0146. The molecule has 1 aromatic rings. The number of urea groups is 1. The molecule has 2 atom stereocenters. The third-order valence-electron chi connectivity index (χ3n) is 9.09. The molecule has 4 heteroatoms. The summed E-state index contributed by atoms with van der Waals surface area (Å²) >= 11 is 0. The molecule has 2 aliphatic heterocycles. The van der Waals surface area contributed by atoms with Crippen molar-refractivity contribution in [2.45, 2.75) is 101 Å². The van der Waals surface area contributed by atoms with Gasteiger partial charge in [-0.15, -0.1) is 0 Å². The van der Waals surface area contributed by atoms with Crippen molar-refractivity contribution < 1.29 is 4.79 Å². The fourth-order valence-electron chi connectivity index (χ4n) is 8.37. The number of amides is 2. The first kappa shape index (κ1) is 19.2. The molecule has 0 unspecified atom stereocenters. The van der Waals surface area contributed by atoms with Crippen molar-refractivity contribution in [3.63, 3.8) is 0 Å². The number of benzene rings is 1. The van der Waals surface area contributed by atoms with Crippen molar-refractivity contribution >= 4 is 6.03 Å². The largest absolute Gasteiger partial charge is 0.335 e. The zero-order valence-electron chi connectivity index (χ0n) is 18.2. The fraction of sp³-hybridized carbons (Fsp3) is 0.731. The molecule has 4 aliphatic carbocycles. The standard InChI is InChI=1S/C26H37N3O/c30-25(28-26-14-19-9-20(15-26)11-21(10-19)16-26)27-22-12-23-7-4-8-24(13-22)29(23)17-18-5-2-1-3-6-18/h1-3,5-6,19-24H,4,7-17H2,(H2,27,28,30)/t19?,20?,21?,23-,24-,26?/m0/s1. The second-order valence-corrected chi connectivity index (χ2v) is 11.4. The lowest BCUT2D eigenvalue weighted by atomic mass is 9.53. The Kier molecular flexibility index (Phi) is 4.82. The summed E-state index contributed by atoms with van der Waals surface area (Å²) in [6.45, 7) is 1.06. The van der Waals surface area contributed by atoms with E-state index in [1.807, 2.05) is 0 Å². The zero-order valence-corrected chi connectivity index (χ0v) is 18.2. The number of fused-ring (bicyclic) bond motifs is 2. The molecule has 6 aliphatic rings. The van der Waals surface area contributed by atoms with Gasteiger partial charge in [0.2, 0.25) is 0 Å². The van der Waals surface area contributed by atoms with E-state index in [-0.39, 0.29) is 11.6 Å². The van der Waals surface area contributed by atoms with E-state index in [1.54, 1.807) is 0 Å². The van der Waals surface area contributed by atoms with Gasteiger partial charge in [0, 0.05) is 30.2 Å². The van der Waals surface area contributed by atoms with Crippen molar-refractivity contribution in [1.29, 1.82) is 0 Å². The quantitative estimate of drug-likeness (QED) is 0.750. The normalized spacial score (nSPS) is 42.1. The number of hydrogen-bond donors (Lipinski definition) is 2. The first-order valence-corrected chi connectivity index (χ1v) is 12.5. The lowest BCUT2D eigenvalue weighted by Gasteiger charge is -2.57. The van der Waals surface area contributed by atoms with E-state index in [2.05, 4.69) is 45.9 Å². The molecule has 1 aromatic carbocycles. The number of rotatable bonds is 4. The lowest BCUT2D eigenvalue weighted by Crippen LogP contribution is -2.63. The van der Waals surface area contributed by atoms with Crippen LogP contribution in [0.2, 0.25) is 0 Å². The van der Waals surface area contributed by atoms with Gasteiger partial charge in [0.25, 0.3) is 0 Å². The number of carbonyl (C=O) groups is 1. The zero-order chi connectivity index (χ0) is 20.1. The molecule has 6 fully saturated rings. The highest BCUT2D eigenvalue weighted by molar-refractivity contribution is 5.75. The third-order valence-corrected chi connectivity index (χ3v) is 9.09. The number of hydrogen-bond acceptors (Lipinski definition) is 2. The van der Waals surface area contributed by atoms with Gasteiger partial charge >= 0.3 is 6.03 Å². The van der Waals surface area contributed by atoms with Gasteiger partial charge < -0.3 is 10.6 Å². The Bertz CT molecular complexity index is 728. The minimum Gasteiger partial charge on any atom is -0.335 e. The summed E-state index contributed by atoms with van der Waals surface area (Å²) < 4.78 is 0. The van der Waals surface area contributed by atoms with Crippen LogP contribution in [0.4, 0.5) is 4.79 Å². The van der Waals surface area contributed by atoms with Crippen LogP contribution in [0.3, 0.4) is 0 Å². The van der Waals surface area contributed by atoms with Crippen molar-refractivity contribution in [3.05, 3.63) is 35.9 Å². The summed E-state index contributed by atoms with van der Waals surface area (Å²) in [5, 5.41) is 6.96. The van der Waals surface area contributed by atoms with Crippen molar-refractivity contribution in [2.75, 3.05) is 0 Å². The average Bonchev–Trinajstić information content (AvgIpc) is 2.68. The van der Waals surface area contributed by atoms with Crippen LogP contribution < -0.4 is 10.6 Å². The Morgan fingerprint density at radius 3 is 2.10 bits per heavy atom. The number of piperidine rings is 2. The second-order valence-electron chi connectivity index (χ2n) is 11.4. The molecule has 162 valence electrons. The van der Waals surface area contributed by atoms with E-state index >= 15 is 0 Å². The highest BCUT2D eigenvalue weighted by Crippen LogP contribution is 2.55. The SMILES string of the molecule is O=C(NC1C[C@@H]2CCC[C@@H](C1)N2Cc1ccccc1)NC12CC3CC(CC(C3)C1)C2. The topological polar surface area (TPSA) is 44.4 Å². The molecule has 0 radical (unpaired) electrons. The molecule has 2 amide bonds. The molecule has 2 N–H and O–H groups in total. The van der Waals surface area contributed by atoms with Crippen LogP contribution >= 0.6 is 0 Å². The van der Waals surface area contributed by atoms with E-state index in [0.29, 0.717) is 18.1 Å². The molecular formula is C26H37N3O. The molecule has 30 heavy (non-hydrogen) atoms. The maximum absolute atomic E-state index is 13.1. The Hall–Kier alpha value is -1.55. The van der Waals surface area contributed by atoms with Crippen molar-refractivity contribution in [3.8, 4) is 0 Å². The predicted molar refractivity (Wildman–Crippen MR) is 119 cm³/mol. The fourth-order valence-corrected chi connectivity index (χ4v) is 8.37. The summed E-state index contributed by atoms with van der Waals surface area (Å²) in [6.07, 6.45) is 14.1. The highest BCUT2D eigenvalue weighted by Gasteiger charge is 2.51. The monoisotopic (exact) mass is 407 g/mol. The first-order chi connectivity index (χ1) is 14.6. The number of carbonyl (C=O) groups excluding carboxylic acids is 1. The van der Waals surface area contributed by atoms with Crippen LogP contribution in [0.15, 0.2) is 30.3 Å². The summed E-state index contributed by atoms with van der Waals surface area (Å²) in [6, 6.07) is 12.6. The minimum atomic E-state index is 0.114. The van der Waals surface area contributed by atoms with Gasteiger partial charge in [0.05, 0.1) is 0 Å². The molecule has 6 bridgehead atoms. The molecular weight excluding hydrogens is 370 g/mol. The summed E-state index contributed by atoms with van der Waals surface area (Å²) in [5.74, 6) is 2.62. The Morgan fingerprint density at radius 2 is 1.50 bits per heavy atom. The van der Waals surface area contributed by atoms with Gasteiger partial charge in [-0.25, -0.2) is 4.79 Å². The maximum atomic E-state index is 13.1. The van der Waals surface area contributed by atoms with Crippen LogP contribution in [0.5, 0.6) is 0 Å². The number of nitrogens with zero attached hydrogens (tertiary/aromatic N) is 1. The molecule has 0 aromatic heterocycles. The maximum Gasteiger partial charge on any atom is 0.315 e. The van der Waals surface area contributed by atoms with Gasteiger partial charge in [-0.3, -0.25) is 4.90 Å². The molecule has 4 saturated carbocycles. The van der Waals surface area contributed by atoms with E-state index in [4.69, 9.17) is 0 Å². The Balaban J connectivity index is 1.08. The molecule has 4 nitrogen and oxygen atoms in total. The van der Waals surface area contributed by atoms with E-state index in [1.165, 1.54) is 63.4 Å². The van der Waals surface area contributed by atoms with Gasteiger partial charge in [-0.1, -0.05) is 36.8 Å². The second kappa shape index (κ2) is 7.55. The summed E-state index contributed by atoms with van der Waals surface area (Å²) in [5.41, 5.74) is 1.53. The van der Waals surface area contributed by atoms with Crippen LogP contribution in [-0.4, -0.2) is 34.6 Å². The average molecular weight is 408 g/mol. The molecule has 2 heterocycles. The minimum absolute atomic E-state index is 0.114. The van der Waals surface area contributed by atoms with Crippen LogP contribution in [0.25, 0.3) is 0 Å². The predicted octanol–water partition coefficient (Wildman–Crippen LogP) is 4.84. The molecule has 2 saturated heterocycles. The Morgan fingerprint density at radius 1 is 0.900 bits per heavy atom. The smallest absolute Gasteiger partial charge is 0.315 e. The van der Waals surface area contributed by atoms with Crippen molar-refractivity contribution in [2.24, 2.45) is 17.8 Å². The Labute approximate surface area is 181 Å². The van der Waals surface area contributed by atoms with E-state index in [9.17, 15) is 4.79 Å². The first-order valence-electron chi connectivity index (χ1n) is 12.5. The van der Waals surface area contributed by atoms with Gasteiger partial charge in [0.15, 0.2) is 0 Å². The number of nitrogens with one attached hydrogen (secondary N) is 2. The van der Waals surface area contributed by atoms with Crippen LogP contribution in [0, 0.1) is 17.8 Å². The van der Waals surface area contributed by atoms with Crippen LogP contribution in [-0.2, 0) is 6.54 Å². The summed E-state index contributed by atoms with van der Waals surface area (Å²) in [7, 11) is 0. The highest BCUT2D eigenvalue weighted by atomic mass is 16.2. The van der Waals surface area contributed by atoms with E-state index < -0.39 is 0 Å². The van der Waals surface area contributed by atoms with Crippen molar-refractivity contribution in [1.82, 2.24) is 15.5 Å². The molecule has 7 rings (SSSR count). The van der Waals surface area contributed by atoms with Gasteiger partial charge in [0.1, 0.15) is 0 Å². The van der Waals surface area contributed by atoms with Gasteiger partial charge in [-0.05, 0) is 87.5 Å². The van der Waals surface area contributed by atoms with Crippen LogP contribution in [0.1, 0.15) is 76.2 Å². The molecule has 0 spiro atoms. The van der Waals surface area contributed by atoms with E-state index in [0.717, 1.165) is 37.1 Å². The summed E-state index contributed by atoms with van der Waals surface area (Å²) in [4.78, 5) is 15.8. The third kappa shape index (κ3) is 3.66. The van der Waals surface area contributed by atoms with Gasteiger partial charge in [-0.2, -0.15) is 0 Å².